The molecule has 2 aliphatic rings. The first kappa shape index (κ1) is 10.6. The second kappa shape index (κ2) is 4.05. The lowest BCUT2D eigenvalue weighted by Gasteiger charge is -2.47. The van der Waals surface area contributed by atoms with Gasteiger partial charge in [-0.3, -0.25) is 0 Å². The predicted molar refractivity (Wildman–Crippen MR) is 68.0 cm³/mol. The van der Waals surface area contributed by atoms with Crippen LogP contribution in [-0.2, 0) is 0 Å². The first-order chi connectivity index (χ1) is 7.77. The molecule has 1 nitrogen and oxygen atoms in total. The first-order valence-corrected chi connectivity index (χ1v) is 6.61. The highest BCUT2D eigenvalue weighted by molar-refractivity contribution is 6.30. The molecule has 16 heavy (non-hydrogen) atoms. The van der Waals surface area contributed by atoms with Gasteiger partial charge in [-0.05, 0) is 54.7 Å². The molecule has 0 amide bonds. The van der Waals surface area contributed by atoms with Crippen LogP contribution in [-0.4, -0.2) is 13.1 Å². The van der Waals surface area contributed by atoms with E-state index >= 15 is 0 Å². The van der Waals surface area contributed by atoms with Gasteiger partial charge in [0, 0.05) is 18.1 Å². The first-order valence-electron chi connectivity index (χ1n) is 6.24. The van der Waals surface area contributed by atoms with E-state index in [1.54, 1.807) is 0 Å². The van der Waals surface area contributed by atoms with Gasteiger partial charge in [0.1, 0.15) is 0 Å². The molecular formula is C14H18ClN. The van der Waals surface area contributed by atoms with Crippen molar-refractivity contribution in [1.29, 1.82) is 0 Å². The highest BCUT2D eigenvalue weighted by Gasteiger charge is 2.40. The Kier molecular flexibility index (Phi) is 2.68. The van der Waals surface area contributed by atoms with Crippen molar-refractivity contribution in [3.05, 3.63) is 34.9 Å². The van der Waals surface area contributed by atoms with Gasteiger partial charge in [-0.2, -0.15) is 0 Å². The van der Waals surface area contributed by atoms with Crippen LogP contribution < -0.4 is 5.32 Å². The standard InChI is InChI=1S/C14H18ClN/c15-13-3-1-2-12(8-13)11-4-6-14(7-5-11)9-16-10-14/h1-3,8,11,16H,4-7,9-10H2. The van der Waals surface area contributed by atoms with Gasteiger partial charge in [0.15, 0.2) is 0 Å². The highest BCUT2D eigenvalue weighted by Crippen LogP contribution is 2.45. The van der Waals surface area contributed by atoms with E-state index in [9.17, 15) is 0 Å². The molecule has 1 saturated carbocycles. The van der Waals surface area contributed by atoms with Crippen LogP contribution in [0.5, 0.6) is 0 Å². The zero-order valence-corrected chi connectivity index (χ0v) is 10.3. The number of nitrogens with one attached hydrogen (secondary N) is 1. The van der Waals surface area contributed by atoms with E-state index in [-0.39, 0.29) is 0 Å². The van der Waals surface area contributed by atoms with Crippen LogP contribution in [0, 0.1) is 5.41 Å². The van der Waals surface area contributed by atoms with Crippen LogP contribution >= 0.6 is 11.6 Å². The molecule has 0 aromatic heterocycles. The van der Waals surface area contributed by atoms with Gasteiger partial charge < -0.3 is 5.32 Å². The SMILES string of the molecule is Clc1cccc(C2CCC3(CC2)CNC3)c1. The summed E-state index contributed by atoms with van der Waals surface area (Å²) in [6.07, 6.45) is 5.44. The predicted octanol–water partition coefficient (Wildman–Crippen LogP) is 3.59. The Morgan fingerprint density at radius 2 is 1.94 bits per heavy atom. The van der Waals surface area contributed by atoms with Gasteiger partial charge in [-0.15, -0.1) is 0 Å². The van der Waals surface area contributed by atoms with Gasteiger partial charge in [0.25, 0.3) is 0 Å². The van der Waals surface area contributed by atoms with Crippen molar-refractivity contribution in [3.8, 4) is 0 Å². The Balaban J connectivity index is 1.69. The van der Waals surface area contributed by atoms with E-state index in [2.05, 4.69) is 23.5 Å². The van der Waals surface area contributed by atoms with Crippen LogP contribution in [0.1, 0.15) is 37.2 Å². The smallest absolute Gasteiger partial charge is 0.0408 e. The maximum absolute atomic E-state index is 6.05. The van der Waals surface area contributed by atoms with E-state index in [0.29, 0.717) is 5.41 Å². The van der Waals surface area contributed by atoms with Crippen molar-refractivity contribution < 1.29 is 0 Å². The lowest BCUT2D eigenvalue weighted by atomic mass is 9.66. The summed E-state index contributed by atoms with van der Waals surface area (Å²) in [4.78, 5) is 0. The maximum Gasteiger partial charge on any atom is 0.0408 e. The number of rotatable bonds is 1. The third-order valence-corrected chi connectivity index (χ3v) is 4.60. The molecule has 1 heterocycles. The molecule has 1 aliphatic heterocycles. The Hall–Kier alpha value is -0.530. The van der Waals surface area contributed by atoms with Gasteiger partial charge >= 0.3 is 0 Å². The van der Waals surface area contributed by atoms with Crippen molar-refractivity contribution in [1.82, 2.24) is 5.32 Å². The zero-order chi connectivity index (χ0) is 11.0. The number of benzene rings is 1. The second-order valence-corrected chi connectivity index (χ2v) is 5.87. The fraction of sp³-hybridized carbons (Fsp3) is 0.571. The second-order valence-electron chi connectivity index (χ2n) is 5.43. The van der Waals surface area contributed by atoms with Crippen LogP contribution in [0.3, 0.4) is 0 Å². The van der Waals surface area contributed by atoms with E-state index in [1.165, 1.54) is 44.3 Å². The number of hydrogen-bond acceptors (Lipinski definition) is 1. The lowest BCUT2D eigenvalue weighted by Crippen LogP contribution is -2.54. The molecule has 1 aliphatic carbocycles. The van der Waals surface area contributed by atoms with Crippen molar-refractivity contribution in [2.45, 2.75) is 31.6 Å². The van der Waals surface area contributed by atoms with E-state index in [0.717, 1.165) is 10.9 Å². The van der Waals surface area contributed by atoms with E-state index < -0.39 is 0 Å². The molecular weight excluding hydrogens is 218 g/mol. The summed E-state index contributed by atoms with van der Waals surface area (Å²) < 4.78 is 0. The fourth-order valence-electron chi connectivity index (χ4n) is 3.16. The van der Waals surface area contributed by atoms with Crippen molar-refractivity contribution in [2.75, 3.05) is 13.1 Å². The quantitative estimate of drug-likeness (QED) is 0.785. The molecule has 0 unspecified atom stereocenters. The average molecular weight is 236 g/mol. The largest absolute Gasteiger partial charge is 0.316 e. The van der Waals surface area contributed by atoms with E-state index in [4.69, 9.17) is 11.6 Å². The fourth-order valence-corrected chi connectivity index (χ4v) is 3.35. The lowest BCUT2D eigenvalue weighted by molar-refractivity contribution is 0.0975. The minimum absolute atomic E-state index is 0.662. The Morgan fingerprint density at radius 1 is 1.19 bits per heavy atom. The Bertz CT molecular complexity index is 374. The summed E-state index contributed by atoms with van der Waals surface area (Å²) in [6.45, 7) is 2.49. The highest BCUT2D eigenvalue weighted by atomic mass is 35.5. The summed E-state index contributed by atoms with van der Waals surface area (Å²) in [5, 5.41) is 4.29. The van der Waals surface area contributed by atoms with Crippen molar-refractivity contribution in [3.63, 3.8) is 0 Å². The Labute approximate surface area is 102 Å². The average Bonchev–Trinajstić information content (AvgIpc) is 2.27. The van der Waals surface area contributed by atoms with Crippen LogP contribution in [0.15, 0.2) is 24.3 Å². The summed E-state index contributed by atoms with van der Waals surface area (Å²) in [6, 6.07) is 8.41. The van der Waals surface area contributed by atoms with E-state index in [1.807, 2.05) is 6.07 Å². The molecule has 1 N–H and O–H groups in total. The summed E-state index contributed by atoms with van der Waals surface area (Å²) in [7, 11) is 0. The molecule has 0 atom stereocenters. The minimum Gasteiger partial charge on any atom is -0.316 e. The third-order valence-electron chi connectivity index (χ3n) is 4.37. The molecule has 0 bridgehead atoms. The topological polar surface area (TPSA) is 12.0 Å². The summed E-state index contributed by atoms with van der Waals surface area (Å²) >= 11 is 6.05. The molecule has 3 rings (SSSR count). The minimum atomic E-state index is 0.662. The van der Waals surface area contributed by atoms with Gasteiger partial charge in [0.2, 0.25) is 0 Å². The molecule has 1 aromatic carbocycles. The van der Waals surface area contributed by atoms with Gasteiger partial charge in [0.05, 0.1) is 0 Å². The molecule has 1 aromatic rings. The Morgan fingerprint density at radius 3 is 2.50 bits per heavy atom. The molecule has 1 saturated heterocycles. The van der Waals surface area contributed by atoms with Crippen molar-refractivity contribution >= 4 is 11.6 Å². The normalized spacial score (nSPS) is 24.3. The molecule has 2 heteroatoms. The van der Waals surface area contributed by atoms with Gasteiger partial charge in [-0.1, -0.05) is 23.7 Å². The summed E-state index contributed by atoms with van der Waals surface area (Å²) in [5.41, 5.74) is 2.10. The number of halogens is 1. The summed E-state index contributed by atoms with van der Waals surface area (Å²) in [5.74, 6) is 0.741. The molecule has 86 valence electrons. The molecule has 2 fully saturated rings. The van der Waals surface area contributed by atoms with Gasteiger partial charge in [-0.25, -0.2) is 0 Å². The third kappa shape index (κ3) is 1.87. The van der Waals surface area contributed by atoms with Crippen LogP contribution in [0.4, 0.5) is 0 Å². The van der Waals surface area contributed by atoms with Crippen LogP contribution in [0.25, 0.3) is 0 Å². The maximum atomic E-state index is 6.05. The zero-order valence-electron chi connectivity index (χ0n) is 9.51. The monoisotopic (exact) mass is 235 g/mol. The van der Waals surface area contributed by atoms with Crippen molar-refractivity contribution in [2.24, 2.45) is 5.41 Å². The molecule has 1 spiro atoms. The molecule has 0 radical (unpaired) electrons. The number of hydrogen-bond donors (Lipinski definition) is 1. The van der Waals surface area contributed by atoms with Crippen LogP contribution in [0.2, 0.25) is 5.02 Å².